The molecule has 2 rings (SSSR count). The van der Waals surface area contributed by atoms with Crippen LogP contribution < -0.4 is 4.74 Å². The van der Waals surface area contributed by atoms with Crippen LogP contribution in [0.5, 0.6) is 5.75 Å². The van der Waals surface area contributed by atoms with Crippen LogP contribution in [-0.2, 0) is 0 Å². The van der Waals surface area contributed by atoms with Gasteiger partial charge in [0.2, 0.25) is 0 Å². The molecule has 1 fully saturated rings. The van der Waals surface area contributed by atoms with Gasteiger partial charge >= 0.3 is 0 Å². The van der Waals surface area contributed by atoms with E-state index in [0.717, 1.165) is 11.7 Å². The summed E-state index contributed by atoms with van der Waals surface area (Å²) in [5.74, 6) is 1.91. The van der Waals surface area contributed by atoms with Gasteiger partial charge in [0.25, 0.3) is 0 Å². The van der Waals surface area contributed by atoms with Crippen molar-refractivity contribution in [2.24, 2.45) is 5.92 Å². The van der Waals surface area contributed by atoms with Gasteiger partial charge in [-0.15, -0.1) is 0 Å². The van der Waals surface area contributed by atoms with Crippen molar-refractivity contribution >= 4 is 15.9 Å². The summed E-state index contributed by atoms with van der Waals surface area (Å²) in [7, 11) is 0. The summed E-state index contributed by atoms with van der Waals surface area (Å²) in [6, 6.07) is 4.27. The van der Waals surface area contributed by atoms with Crippen molar-refractivity contribution < 1.29 is 4.74 Å². The Kier molecular flexibility index (Phi) is 4.13. The standard InChI is InChI=1S/C15H21BrO/c1-10-4-6-13(7-5-10)17-14-8-11(2)15(16)12(3)9-14/h8-10,13H,4-7H2,1-3H3. The first kappa shape index (κ1) is 12.9. The minimum Gasteiger partial charge on any atom is -0.490 e. The first-order valence-corrected chi connectivity index (χ1v) is 7.29. The maximum atomic E-state index is 6.10. The van der Waals surface area contributed by atoms with Crippen molar-refractivity contribution in [2.45, 2.75) is 52.6 Å². The van der Waals surface area contributed by atoms with Gasteiger partial charge in [-0.1, -0.05) is 22.9 Å². The Labute approximate surface area is 113 Å². The minimum absolute atomic E-state index is 0.422. The third-order valence-electron chi connectivity index (χ3n) is 3.68. The molecule has 0 unspecified atom stereocenters. The summed E-state index contributed by atoms with van der Waals surface area (Å²) < 4.78 is 7.30. The predicted molar refractivity (Wildman–Crippen MR) is 75.7 cm³/mol. The topological polar surface area (TPSA) is 9.23 Å². The van der Waals surface area contributed by atoms with Gasteiger partial charge in [0.1, 0.15) is 5.75 Å². The van der Waals surface area contributed by atoms with Gasteiger partial charge in [0.15, 0.2) is 0 Å². The predicted octanol–water partition coefficient (Wildman–Crippen LogP) is 5.02. The molecule has 0 saturated heterocycles. The average molecular weight is 297 g/mol. The largest absolute Gasteiger partial charge is 0.490 e. The first-order valence-electron chi connectivity index (χ1n) is 6.49. The highest BCUT2D eigenvalue weighted by molar-refractivity contribution is 9.10. The smallest absolute Gasteiger partial charge is 0.120 e. The summed E-state index contributed by atoms with van der Waals surface area (Å²) in [5.41, 5.74) is 2.51. The molecule has 0 bridgehead atoms. The highest BCUT2D eigenvalue weighted by Gasteiger charge is 2.19. The van der Waals surface area contributed by atoms with Gasteiger partial charge in [0.05, 0.1) is 6.10 Å². The van der Waals surface area contributed by atoms with Crippen molar-refractivity contribution in [1.29, 1.82) is 0 Å². The zero-order valence-electron chi connectivity index (χ0n) is 10.9. The first-order chi connectivity index (χ1) is 8.06. The van der Waals surface area contributed by atoms with Crippen molar-refractivity contribution in [3.05, 3.63) is 27.7 Å². The fourth-order valence-corrected chi connectivity index (χ4v) is 2.74. The molecule has 0 radical (unpaired) electrons. The molecule has 0 N–H and O–H groups in total. The molecule has 0 aromatic heterocycles. The van der Waals surface area contributed by atoms with Gasteiger partial charge in [-0.3, -0.25) is 0 Å². The number of halogens is 1. The van der Waals surface area contributed by atoms with Crippen LogP contribution in [0.4, 0.5) is 0 Å². The Morgan fingerprint density at radius 2 is 1.59 bits per heavy atom. The molecule has 1 aliphatic carbocycles. The fraction of sp³-hybridized carbons (Fsp3) is 0.600. The Morgan fingerprint density at radius 1 is 1.06 bits per heavy atom. The second kappa shape index (κ2) is 5.43. The monoisotopic (exact) mass is 296 g/mol. The molecule has 2 heteroatoms. The van der Waals surface area contributed by atoms with E-state index in [0.29, 0.717) is 6.10 Å². The van der Waals surface area contributed by atoms with Crippen LogP contribution in [0.25, 0.3) is 0 Å². The molecule has 1 saturated carbocycles. The van der Waals surface area contributed by atoms with Crippen LogP contribution in [0.3, 0.4) is 0 Å². The van der Waals surface area contributed by atoms with Crippen molar-refractivity contribution in [3.8, 4) is 5.75 Å². The molecule has 1 aromatic carbocycles. The Hall–Kier alpha value is -0.500. The molecule has 1 aromatic rings. The lowest BCUT2D eigenvalue weighted by Crippen LogP contribution is -2.23. The van der Waals surface area contributed by atoms with E-state index in [4.69, 9.17) is 4.74 Å². The van der Waals surface area contributed by atoms with Crippen molar-refractivity contribution in [1.82, 2.24) is 0 Å². The molecule has 17 heavy (non-hydrogen) atoms. The molecule has 1 aliphatic rings. The summed E-state index contributed by atoms with van der Waals surface area (Å²) in [6.07, 6.45) is 5.44. The van der Waals surface area contributed by atoms with E-state index in [9.17, 15) is 0 Å². The quantitative estimate of drug-likeness (QED) is 0.744. The molecule has 94 valence electrons. The van der Waals surface area contributed by atoms with E-state index in [-0.39, 0.29) is 0 Å². The second-order valence-corrected chi connectivity index (χ2v) is 6.16. The average Bonchev–Trinajstić information content (AvgIpc) is 2.29. The Morgan fingerprint density at radius 3 is 2.12 bits per heavy atom. The van der Waals surface area contributed by atoms with E-state index >= 15 is 0 Å². The summed E-state index contributed by atoms with van der Waals surface area (Å²) in [4.78, 5) is 0. The normalized spacial score (nSPS) is 24.7. The van der Waals surface area contributed by atoms with Gasteiger partial charge in [-0.2, -0.15) is 0 Å². The zero-order chi connectivity index (χ0) is 12.4. The van der Waals surface area contributed by atoms with Gasteiger partial charge in [0, 0.05) is 4.47 Å². The van der Waals surface area contributed by atoms with Gasteiger partial charge < -0.3 is 4.74 Å². The van der Waals surface area contributed by atoms with Gasteiger partial charge in [-0.25, -0.2) is 0 Å². The van der Waals surface area contributed by atoms with Crippen molar-refractivity contribution in [2.75, 3.05) is 0 Å². The molecule has 0 amide bonds. The number of rotatable bonds is 2. The van der Waals surface area contributed by atoms with Crippen LogP contribution in [0.2, 0.25) is 0 Å². The third-order valence-corrected chi connectivity index (χ3v) is 4.93. The molecular formula is C15H21BrO. The lowest BCUT2D eigenvalue weighted by Gasteiger charge is -2.27. The lowest BCUT2D eigenvalue weighted by atomic mass is 9.89. The molecule has 0 atom stereocenters. The minimum atomic E-state index is 0.422. The van der Waals surface area contributed by atoms with E-state index in [2.05, 4.69) is 48.8 Å². The number of hydrogen-bond donors (Lipinski definition) is 0. The molecule has 0 heterocycles. The van der Waals surface area contributed by atoms with Crippen LogP contribution in [-0.4, -0.2) is 6.10 Å². The third kappa shape index (κ3) is 3.25. The van der Waals surface area contributed by atoms with Crippen LogP contribution in [0.15, 0.2) is 16.6 Å². The number of ether oxygens (including phenoxy) is 1. The van der Waals surface area contributed by atoms with Crippen LogP contribution in [0.1, 0.15) is 43.7 Å². The van der Waals surface area contributed by atoms with E-state index in [1.165, 1.54) is 41.3 Å². The Bertz CT molecular complexity index is 369. The summed E-state index contributed by atoms with van der Waals surface area (Å²) in [5, 5.41) is 0. The maximum Gasteiger partial charge on any atom is 0.120 e. The summed E-state index contributed by atoms with van der Waals surface area (Å²) in [6.45, 7) is 6.57. The number of aryl methyl sites for hydroxylation is 2. The zero-order valence-corrected chi connectivity index (χ0v) is 12.5. The van der Waals surface area contributed by atoms with E-state index in [1.807, 2.05) is 0 Å². The lowest BCUT2D eigenvalue weighted by molar-refractivity contribution is 0.135. The molecule has 1 nitrogen and oxygen atoms in total. The van der Waals surface area contributed by atoms with Crippen LogP contribution in [0, 0.1) is 19.8 Å². The number of hydrogen-bond acceptors (Lipinski definition) is 1. The van der Waals surface area contributed by atoms with Crippen LogP contribution >= 0.6 is 15.9 Å². The fourth-order valence-electron chi connectivity index (χ4n) is 2.51. The second-order valence-electron chi connectivity index (χ2n) is 5.37. The summed E-state index contributed by atoms with van der Waals surface area (Å²) >= 11 is 3.59. The maximum absolute atomic E-state index is 6.10. The highest BCUT2D eigenvalue weighted by Crippen LogP contribution is 2.30. The Balaban J connectivity index is 2.04. The molecule has 0 spiro atoms. The highest BCUT2D eigenvalue weighted by atomic mass is 79.9. The molecule has 0 aliphatic heterocycles. The molecular weight excluding hydrogens is 276 g/mol. The van der Waals surface area contributed by atoms with E-state index < -0.39 is 0 Å². The van der Waals surface area contributed by atoms with Crippen molar-refractivity contribution in [3.63, 3.8) is 0 Å². The van der Waals surface area contributed by atoms with E-state index in [1.54, 1.807) is 0 Å². The SMILES string of the molecule is Cc1cc(OC2CCC(C)CC2)cc(C)c1Br. The van der Waals surface area contributed by atoms with Gasteiger partial charge in [-0.05, 0) is 68.7 Å². The number of benzene rings is 1.